The van der Waals surface area contributed by atoms with Crippen molar-refractivity contribution in [2.75, 3.05) is 11.5 Å². The number of halogens is 1. The molecule has 0 aromatic carbocycles. The summed E-state index contributed by atoms with van der Waals surface area (Å²) >= 11 is 5.81. The van der Waals surface area contributed by atoms with Crippen LogP contribution in [-0.4, -0.2) is 45.0 Å². The second-order valence-corrected chi connectivity index (χ2v) is 9.97. The van der Waals surface area contributed by atoms with Crippen LogP contribution in [0.25, 0.3) is 0 Å². The van der Waals surface area contributed by atoms with E-state index in [1.54, 1.807) is 13.8 Å². The summed E-state index contributed by atoms with van der Waals surface area (Å²) in [6.07, 6.45) is 0.910. The van der Waals surface area contributed by atoms with Crippen molar-refractivity contribution in [2.45, 2.75) is 49.8 Å². The minimum Gasteiger partial charge on any atom is -0.229 e. The van der Waals surface area contributed by atoms with Gasteiger partial charge in [0, 0.05) is 11.4 Å². The molecule has 0 aromatic rings. The molecule has 0 radical (unpaired) electrons. The van der Waals surface area contributed by atoms with Crippen LogP contribution < -0.4 is 4.72 Å². The van der Waals surface area contributed by atoms with Crippen LogP contribution in [0.2, 0.25) is 0 Å². The average molecular weight is 318 g/mol. The van der Waals surface area contributed by atoms with Gasteiger partial charge in [0.1, 0.15) is 9.84 Å². The first kappa shape index (κ1) is 16.2. The van der Waals surface area contributed by atoms with Gasteiger partial charge in [0.05, 0.1) is 16.8 Å². The van der Waals surface area contributed by atoms with E-state index >= 15 is 0 Å². The second-order valence-electron chi connectivity index (χ2n) is 4.93. The number of hydrogen-bond donors (Lipinski definition) is 1. The van der Waals surface area contributed by atoms with Gasteiger partial charge in [-0.3, -0.25) is 0 Å². The molecule has 0 amide bonds. The van der Waals surface area contributed by atoms with Crippen molar-refractivity contribution in [2.24, 2.45) is 0 Å². The molecular weight excluding hydrogens is 298 g/mol. The Labute approximate surface area is 114 Å². The van der Waals surface area contributed by atoms with Gasteiger partial charge in [-0.05, 0) is 33.1 Å². The van der Waals surface area contributed by atoms with Crippen LogP contribution in [0.15, 0.2) is 0 Å². The van der Waals surface area contributed by atoms with E-state index in [9.17, 15) is 16.8 Å². The summed E-state index contributed by atoms with van der Waals surface area (Å²) in [6, 6.07) is -0.235. The normalized spacial score (nSPS) is 24.6. The molecule has 0 spiro atoms. The highest BCUT2D eigenvalue weighted by molar-refractivity contribution is 7.92. The van der Waals surface area contributed by atoms with Gasteiger partial charge in [0.25, 0.3) is 0 Å². The van der Waals surface area contributed by atoms with Crippen molar-refractivity contribution in [3.05, 3.63) is 0 Å². The lowest BCUT2D eigenvalue weighted by atomic mass is 10.2. The fourth-order valence-electron chi connectivity index (χ4n) is 2.09. The summed E-state index contributed by atoms with van der Waals surface area (Å²) in [4.78, 5) is 0. The van der Waals surface area contributed by atoms with Crippen molar-refractivity contribution in [3.8, 4) is 0 Å². The Morgan fingerprint density at radius 2 is 1.78 bits per heavy atom. The summed E-state index contributed by atoms with van der Waals surface area (Å²) in [5, 5.41) is -0.705. The molecule has 5 nitrogen and oxygen atoms in total. The fourth-order valence-corrected chi connectivity index (χ4v) is 5.85. The van der Waals surface area contributed by atoms with Gasteiger partial charge >= 0.3 is 0 Å². The Hall–Kier alpha value is 0.150. The molecule has 1 aliphatic rings. The van der Waals surface area contributed by atoms with E-state index < -0.39 is 25.1 Å². The Balaban J connectivity index is 2.60. The smallest absolute Gasteiger partial charge is 0.214 e. The zero-order chi connectivity index (χ0) is 14.0. The maximum atomic E-state index is 12.0. The topological polar surface area (TPSA) is 80.3 Å². The molecule has 2 atom stereocenters. The maximum absolute atomic E-state index is 12.0. The molecule has 1 rings (SSSR count). The summed E-state index contributed by atoms with van der Waals surface area (Å²) in [5.74, 6) is -0.0856. The van der Waals surface area contributed by atoms with E-state index in [1.165, 1.54) is 0 Å². The van der Waals surface area contributed by atoms with Gasteiger partial charge < -0.3 is 0 Å². The molecule has 1 aliphatic heterocycles. The molecule has 1 N–H and O–H groups in total. The van der Waals surface area contributed by atoms with Gasteiger partial charge in [0.2, 0.25) is 10.0 Å². The molecule has 1 heterocycles. The summed E-state index contributed by atoms with van der Waals surface area (Å²) < 4.78 is 49.2. The summed E-state index contributed by atoms with van der Waals surface area (Å²) in [6.45, 7) is 3.57. The Morgan fingerprint density at radius 1 is 1.28 bits per heavy atom. The van der Waals surface area contributed by atoms with Gasteiger partial charge in [-0.1, -0.05) is 0 Å². The van der Waals surface area contributed by atoms with E-state index in [1.807, 2.05) is 0 Å². The van der Waals surface area contributed by atoms with Crippen LogP contribution in [0.1, 0.15) is 33.1 Å². The third-order valence-corrected chi connectivity index (χ3v) is 6.96. The first-order chi connectivity index (χ1) is 8.12. The molecule has 1 saturated heterocycles. The first-order valence-electron chi connectivity index (χ1n) is 5.98. The maximum Gasteiger partial charge on any atom is 0.214 e. The Bertz CT molecular complexity index is 458. The predicted octanol–water partition coefficient (Wildman–Crippen LogP) is 0.889. The van der Waals surface area contributed by atoms with Crippen LogP contribution in [-0.2, 0) is 19.9 Å². The summed E-state index contributed by atoms with van der Waals surface area (Å²) in [7, 11) is -6.49. The molecule has 2 unspecified atom stereocenters. The van der Waals surface area contributed by atoms with E-state index in [4.69, 9.17) is 11.6 Å². The zero-order valence-corrected chi connectivity index (χ0v) is 13.0. The van der Waals surface area contributed by atoms with Crippen molar-refractivity contribution < 1.29 is 16.8 Å². The standard InChI is InChI=1S/C10H20ClNO4S2/c1-8(11)7-9(2)12-18(15,16)10-3-5-17(13,14)6-4-10/h8-10,12H,3-7H2,1-2H3. The quantitative estimate of drug-likeness (QED) is 0.764. The van der Waals surface area contributed by atoms with Crippen molar-refractivity contribution in [3.63, 3.8) is 0 Å². The summed E-state index contributed by atoms with van der Waals surface area (Å²) in [5.41, 5.74) is 0. The molecule has 8 heteroatoms. The number of sulfone groups is 1. The lowest BCUT2D eigenvalue weighted by Gasteiger charge is -2.24. The molecule has 18 heavy (non-hydrogen) atoms. The van der Waals surface area contributed by atoms with Gasteiger partial charge in [-0.2, -0.15) is 0 Å². The monoisotopic (exact) mass is 317 g/mol. The third-order valence-electron chi connectivity index (χ3n) is 2.98. The lowest BCUT2D eigenvalue weighted by Crippen LogP contribution is -2.43. The zero-order valence-electron chi connectivity index (χ0n) is 10.6. The third kappa shape index (κ3) is 5.03. The fraction of sp³-hybridized carbons (Fsp3) is 1.00. The molecule has 0 saturated carbocycles. The van der Waals surface area contributed by atoms with Crippen LogP contribution >= 0.6 is 11.6 Å². The van der Waals surface area contributed by atoms with Gasteiger partial charge in [-0.25, -0.2) is 21.6 Å². The van der Waals surface area contributed by atoms with Gasteiger partial charge in [0.15, 0.2) is 0 Å². The van der Waals surface area contributed by atoms with Crippen LogP contribution in [0, 0.1) is 0 Å². The van der Waals surface area contributed by atoms with Crippen LogP contribution in [0.5, 0.6) is 0 Å². The molecule has 0 aliphatic carbocycles. The number of sulfonamides is 1. The van der Waals surface area contributed by atoms with Crippen LogP contribution in [0.3, 0.4) is 0 Å². The number of hydrogen-bond acceptors (Lipinski definition) is 4. The highest BCUT2D eigenvalue weighted by atomic mass is 35.5. The minimum absolute atomic E-state index is 0.0428. The van der Waals surface area contributed by atoms with E-state index in [-0.39, 0.29) is 35.8 Å². The minimum atomic E-state index is -3.45. The van der Waals surface area contributed by atoms with E-state index in [0.29, 0.717) is 6.42 Å². The molecule has 108 valence electrons. The molecule has 0 aromatic heterocycles. The van der Waals surface area contributed by atoms with E-state index in [0.717, 1.165) is 0 Å². The SMILES string of the molecule is CC(Cl)CC(C)NS(=O)(=O)C1CCS(=O)(=O)CC1. The Morgan fingerprint density at radius 3 is 2.22 bits per heavy atom. The number of nitrogens with one attached hydrogen (secondary N) is 1. The van der Waals surface area contributed by atoms with Crippen molar-refractivity contribution >= 4 is 31.5 Å². The largest absolute Gasteiger partial charge is 0.229 e. The average Bonchev–Trinajstić information content (AvgIpc) is 2.13. The number of rotatable bonds is 5. The second kappa shape index (κ2) is 6.07. The highest BCUT2D eigenvalue weighted by Gasteiger charge is 2.33. The predicted molar refractivity (Wildman–Crippen MR) is 73.1 cm³/mol. The molecule has 0 bridgehead atoms. The Kier molecular flexibility index (Phi) is 5.46. The molecule has 1 fully saturated rings. The van der Waals surface area contributed by atoms with Gasteiger partial charge in [-0.15, -0.1) is 11.6 Å². The van der Waals surface area contributed by atoms with Crippen molar-refractivity contribution in [1.29, 1.82) is 0 Å². The molecular formula is C10H20ClNO4S2. The van der Waals surface area contributed by atoms with E-state index in [2.05, 4.69) is 4.72 Å². The lowest BCUT2D eigenvalue weighted by molar-refractivity contribution is 0.520. The first-order valence-corrected chi connectivity index (χ1v) is 9.78. The van der Waals surface area contributed by atoms with Crippen LogP contribution in [0.4, 0.5) is 0 Å². The number of alkyl halides is 1. The van der Waals surface area contributed by atoms with Crippen molar-refractivity contribution in [1.82, 2.24) is 4.72 Å². The highest BCUT2D eigenvalue weighted by Crippen LogP contribution is 2.19.